The van der Waals surface area contributed by atoms with Crippen molar-refractivity contribution in [3.63, 3.8) is 0 Å². The van der Waals surface area contributed by atoms with Gasteiger partial charge in [0.15, 0.2) is 0 Å². The Morgan fingerprint density at radius 2 is 2.28 bits per heavy atom. The van der Waals surface area contributed by atoms with Crippen LogP contribution >= 0.6 is 0 Å². The molecule has 0 radical (unpaired) electrons. The van der Waals surface area contributed by atoms with Crippen LogP contribution in [0.5, 0.6) is 5.75 Å². The second kappa shape index (κ2) is 4.88. The van der Waals surface area contributed by atoms with E-state index >= 15 is 0 Å². The zero-order valence-electron chi connectivity index (χ0n) is 10.7. The number of para-hydroxylation sites is 1. The van der Waals surface area contributed by atoms with Crippen molar-refractivity contribution < 1.29 is 9.47 Å². The van der Waals surface area contributed by atoms with Gasteiger partial charge in [-0.1, -0.05) is 18.2 Å². The van der Waals surface area contributed by atoms with Crippen molar-refractivity contribution in [2.24, 2.45) is 11.8 Å². The lowest BCUT2D eigenvalue weighted by Crippen LogP contribution is -2.39. The van der Waals surface area contributed by atoms with Gasteiger partial charge in [-0.15, -0.1) is 0 Å². The number of fused-ring (bicyclic) bond motifs is 1. The smallest absolute Gasteiger partial charge is 0.127 e. The number of nitrogens with one attached hydrogen (secondary N) is 1. The Hall–Kier alpha value is -1.10. The van der Waals surface area contributed by atoms with Crippen molar-refractivity contribution in [1.29, 1.82) is 0 Å². The predicted molar refractivity (Wildman–Crippen MR) is 69.2 cm³/mol. The number of ether oxygens (including phenoxy) is 2. The standard InChI is InChI=1S/C14H20N2O2/c1-17-14(10-5-6-10)12(16-15)11-4-2-3-9-7-8-18-13(9)11/h2-4,10,12,14,16H,5-8,15H2,1H3. The third-order valence-corrected chi connectivity index (χ3v) is 3.95. The van der Waals surface area contributed by atoms with Crippen LogP contribution in [0.2, 0.25) is 0 Å². The van der Waals surface area contributed by atoms with E-state index in [1.165, 1.54) is 18.4 Å². The molecule has 1 fully saturated rings. The van der Waals surface area contributed by atoms with Crippen molar-refractivity contribution in [3.8, 4) is 5.75 Å². The molecule has 0 saturated heterocycles. The lowest BCUT2D eigenvalue weighted by Gasteiger charge is -2.27. The van der Waals surface area contributed by atoms with Gasteiger partial charge >= 0.3 is 0 Å². The molecular weight excluding hydrogens is 228 g/mol. The Kier molecular flexibility index (Phi) is 3.24. The lowest BCUT2D eigenvalue weighted by atomic mass is 9.95. The van der Waals surface area contributed by atoms with Gasteiger partial charge in [0.05, 0.1) is 18.8 Å². The third-order valence-electron chi connectivity index (χ3n) is 3.95. The van der Waals surface area contributed by atoms with Crippen LogP contribution in [0.15, 0.2) is 18.2 Å². The first kappa shape index (κ1) is 12.0. The van der Waals surface area contributed by atoms with Gasteiger partial charge in [0, 0.05) is 19.1 Å². The van der Waals surface area contributed by atoms with Gasteiger partial charge in [-0.05, 0) is 24.3 Å². The highest BCUT2D eigenvalue weighted by Gasteiger charge is 2.38. The maximum Gasteiger partial charge on any atom is 0.127 e. The molecular formula is C14H20N2O2. The maximum absolute atomic E-state index is 5.76. The summed E-state index contributed by atoms with van der Waals surface area (Å²) in [5.74, 6) is 7.38. The van der Waals surface area contributed by atoms with Crippen molar-refractivity contribution in [1.82, 2.24) is 5.43 Å². The fourth-order valence-electron chi connectivity index (χ4n) is 2.87. The molecule has 1 aromatic carbocycles. The number of hydrogen-bond donors (Lipinski definition) is 2. The molecule has 4 heteroatoms. The summed E-state index contributed by atoms with van der Waals surface area (Å²) in [6, 6.07) is 6.30. The Balaban J connectivity index is 1.93. The van der Waals surface area contributed by atoms with Gasteiger partial charge in [-0.3, -0.25) is 11.3 Å². The summed E-state index contributed by atoms with van der Waals surface area (Å²) in [6.45, 7) is 0.769. The summed E-state index contributed by atoms with van der Waals surface area (Å²) in [5.41, 5.74) is 5.32. The van der Waals surface area contributed by atoms with Crippen LogP contribution in [0.4, 0.5) is 0 Å². The molecule has 1 heterocycles. The second-order valence-corrected chi connectivity index (χ2v) is 5.12. The van der Waals surface area contributed by atoms with Gasteiger partial charge in [-0.25, -0.2) is 0 Å². The molecule has 0 bridgehead atoms. The summed E-state index contributed by atoms with van der Waals surface area (Å²) in [7, 11) is 1.76. The van der Waals surface area contributed by atoms with E-state index in [4.69, 9.17) is 15.3 Å². The Morgan fingerprint density at radius 1 is 1.44 bits per heavy atom. The molecule has 1 aliphatic carbocycles. The van der Waals surface area contributed by atoms with E-state index in [0.717, 1.165) is 24.3 Å². The fraction of sp³-hybridized carbons (Fsp3) is 0.571. The summed E-state index contributed by atoms with van der Waals surface area (Å²) < 4.78 is 11.4. The first-order chi connectivity index (χ1) is 8.85. The quantitative estimate of drug-likeness (QED) is 0.613. The van der Waals surface area contributed by atoms with E-state index < -0.39 is 0 Å². The molecule has 18 heavy (non-hydrogen) atoms. The van der Waals surface area contributed by atoms with Crippen LogP contribution in [-0.4, -0.2) is 19.8 Å². The van der Waals surface area contributed by atoms with E-state index in [2.05, 4.69) is 23.6 Å². The first-order valence-electron chi connectivity index (χ1n) is 6.58. The van der Waals surface area contributed by atoms with Gasteiger partial charge in [0.25, 0.3) is 0 Å². The van der Waals surface area contributed by atoms with Crippen LogP contribution in [0.25, 0.3) is 0 Å². The number of hydrazine groups is 1. The van der Waals surface area contributed by atoms with E-state index in [1.807, 2.05) is 0 Å². The number of benzene rings is 1. The first-order valence-corrected chi connectivity index (χ1v) is 6.58. The van der Waals surface area contributed by atoms with Gasteiger partial charge < -0.3 is 9.47 Å². The van der Waals surface area contributed by atoms with Crippen LogP contribution in [0.1, 0.15) is 30.0 Å². The van der Waals surface area contributed by atoms with Gasteiger partial charge in [0.2, 0.25) is 0 Å². The highest BCUT2D eigenvalue weighted by Crippen LogP contribution is 2.42. The second-order valence-electron chi connectivity index (χ2n) is 5.12. The third kappa shape index (κ3) is 2.00. The molecule has 2 aliphatic rings. The highest BCUT2D eigenvalue weighted by molar-refractivity contribution is 5.46. The molecule has 0 amide bonds. The lowest BCUT2D eigenvalue weighted by molar-refractivity contribution is 0.0499. The number of rotatable bonds is 5. The minimum absolute atomic E-state index is 0.00977. The topological polar surface area (TPSA) is 56.5 Å². The molecule has 4 nitrogen and oxygen atoms in total. The molecule has 98 valence electrons. The van der Waals surface area contributed by atoms with Crippen molar-refractivity contribution >= 4 is 0 Å². The van der Waals surface area contributed by atoms with Crippen molar-refractivity contribution in [2.75, 3.05) is 13.7 Å². The highest BCUT2D eigenvalue weighted by atomic mass is 16.5. The summed E-state index contributed by atoms with van der Waals surface area (Å²) in [4.78, 5) is 0. The van der Waals surface area contributed by atoms with Crippen molar-refractivity contribution in [3.05, 3.63) is 29.3 Å². The number of hydrogen-bond acceptors (Lipinski definition) is 4. The van der Waals surface area contributed by atoms with Gasteiger partial charge in [0.1, 0.15) is 5.75 Å². The Labute approximate surface area is 107 Å². The van der Waals surface area contributed by atoms with Crippen LogP contribution in [-0.2, 0) is 11.2 Å². The summed E-state index contributed by atoms with van der Waals surface area (Å²) in [6.07, 6.45) is 3.58. The molecule has 1 aromatic rings. The van der Waals surface area contributed by atoms with E-state index in [1.54, 1.807) is 7.11 Å². The summed E-state index contributed by atoms with van der Waals surface area (Å²) in [5, 5.41) is 0. The minimum Gasteiger partial charge on any atom is -0.493 e. The van der Waals surface area contributed by atoms with E-state index in [-0.39, 0.29) is 12.1 Å². The average Bonchev–Trinajstić information content (AvgIpc) is 3.11. The average molecular weight is 248 g/mol. The zero-order chi connectivity index (χ0) is 12.5. The normalized spacial score (nSPS) is 21.2. The van der Waals surface area contributed by atoms with Gasteiger partial charge in [-0.2, -0.15) is 0 Å². The van der Waals surface area contributed by atoms with Crippen LogP contribution < -0.4 is 16.0 Å². The number of nitrogens with two attached hydrogens (primary N) is 1. The Morgan fingerprint density at radius 3 is 2.94 bits per heavy atom. The minimum atomic E-state index is 0.00977. The van der Waals surface area contributed by atoms with E-state index in [9.17, 15) is 0 Å². The molecule has 0 aromatic heterocycles. The summed E-state index contributed by atoms with van der Waals surface area (Å²) >= 11 is 0. The zero-order valence-corrected chi connectivity index (χ0v) is 10.7. The molecule has 1 saturated carbocycles. The predicted octanol–water partition coefficient (Wildman–Crippen LogP) is 1.55. The largest absolute Gasteiger partial charge is 0.493 e. The van der Waals surface area contributed by atoms with Crippen LogP contribution in [0.3, 0.4) is 0 Å². The molecule has 0 spiro atoms. The fourth-order valence-corrected chi connectivity index (χ4v) is 2.87. The molecule has 3 rings (SSSR count). The maximum atomic E-state index is 5.76. The van der Waals surface area contributed by atoms with Crippen LogP contribution in [0, 0.1) is 5.92 Å². The van der Waals surface area contributed by atoms with Crippen molar-refractivity contribution in [2.45, 2.75) is 31.4 Å². The number of methoxy groups -OCH3 is 1. The molecule has 2 unspecified atom stereocenters. The SMILES string of the molecule is COC(C1CC1)C(NN)c1cccc2c1OCC2. The molecule has 1 aliphatic heterocycles. The molecule has 2 atom stereocenters. The molecule has 3 N–H and O–H groups in total. The monoisotopic (exact) mass is 248 g/mol. The Bertz CT molecular complexity index is 432. The van der Waals surface area contributed by atoms with E-state index in [0.29, 0.717) is 5.92 Å².